The van der Waals surface area contributed by atoms with E-state index < -0.39 is 0 Å². The first-order chi connectivity index (χ1) is 13.7. The van der Waals surface area contributed by atoms with Gasteiger partial charge in [-0.25, -0.2) is 4.79 Å². The molecule has 4 aromatic rings. The number of nitrogens with zero attached hydrogens (tertiary/aromatic N) is 3. The van der Waals surface area contributed by atoms with Gasteiger partial charge in [0.05, 0.1) is 18.4 Å². The Morgan fingerprint density at radius 1 is 0.893 bits per heavy atom. The summed E-state index contributed by atoms with van der Waals surface area (Å²) < 4.78 is 6.67. The van der Waals surface area contributed by atoms with E-state index in [9.17, 15) is 4.79 Å². The van der Waals surface area contributed by atoms with Gasteiger partial charge in [-0.1, -0.05) is 42.5 Å². The number of methoxy groups -OCH3 is 1. The highest BCUT2D eigenvalue weighted by molar-refractivity contribution is 5.93. The predicted octanol–water partition coefficient (Wildman–Crippen LogP) is 4.60. The third-order valence-electron chi connectivity index (χ3n) is 4.62. The molecule has 0 aliphatic carbocycles. The Kier molecular flexibility index (Phi) is 4.72. The number of pyridine rings is 1. The first-order valence-corrected chi connectivity index (χ1v) is 8.90. The van der Waals surface area contributed by atoms with E-state index in [-0.39, 0.29) is 5.97 Å². The fourth-order valence-corrected chi connectivity index (χ4v) is 3.32. The number of carbonyl (C=O) groups excluding carboxylic acids is 1. The lowest BCUT2D eigenvalue weighted by molar-refractivity contribution is 0.0601. The molecule has 0 aliphatic rings. The molecule has 0 amide bonds. The third kappa shape index (κ3) is 3.18. The largest absolute Gasteiger partial charge is 0.465 e. The lowest BCUT2D eigenvalue weighted by Crippen LogP contribution is -2.00. The summed E-state index contributed by atoms with van der Waals surface area (Å²) in [6.07, 6.45) is 3.60. The van der Waals surface area contributed by atoms with E-state index in [4.69, 9.17) is 9.84 Å². The second kappa shape index (κ2) is 7.48. The third-order valence-corrected chi connectivity index (χ3v) is 4.62. The molecule has 28 heavy (non-hydrogen) atoms. The van der Waals surface area contributed by atoms with Gasteiger partial charge in [-0.2, -0.15) is 5.10 Å². The molecule has 0 atom stereocenters. The number of rotatable bonds is 4. The van der Waals surface area contributed by atoms with Crippen molar-refractivity contribution in [3.8, 4) is 33.6 Å². The van der Waals surface area contributed by atoms with Gasteiger partial charge >= 0.3 is 5.97 Å². The normalized spacial score (nSPS) is 10.6. The zero-order valence-electron chi connectivity index (χ0n) is 15.7. The van der Waals surface area contributed by atoms with Gasteiger partial charge in [0.1, 0.15) is 5.69 Å². The SMILES string of the molecule is COC(=O)c1ccc(-c2nn(C)c(-c3cccnc3)c2-c2ccccc2)cc1. The highest BCUT2D eigenvalue weighted by atomic mass is 16.5. The van der Waals surface area contributed by atoms with E-state index in [1.807, 2.05) is 60.4 Å². The van der Waals surface area contributed by atoms with Crippen molar-refractivity contribution in [2.45, 2.75) is 0 Å². The van der Waals surface area contributed by atoms with Crippen molar-refractivity contribution in [1.82, 2.24) is 14.8 Å². The molecular formula is C23H19N3O2. The Hall–Kier alpha value is -3.73. The lowest BCUT2D eigenvalue weighted by Gasteiger charge is -2.08. The summed E-state index contributed by atoms with van der Waals surface area (Å²) in [4.78, 5) is 16.0. The number of hydrogen-bond donors (Lipinski definition) is 0. The number of aromatic nitrogens is 3. The average molecular weight is 369 g/mol. The summed E-state index contributed by atoms with van der Waals surface area (Å²) in [6, 6.07) is 21.4. The Bertz CT molecular complexity index is 1100. The van der Waals surface area contributed by atoms with Crippen LogP contribution in [0.4, 0.5) is 0 Å². The molecule has 0 saturated heterocycles. The molecule has 2 aromatic carbocycles. The summed E-state index contributed by atoms with van der Waals surface area (Å²) in [7, 11) is 3.31. The first kappa shape index (κ1) is 17.7. The molecule has 0 fully saturated rings. The quantitative estimate of drug-likeness (QED) is 0.493. The summed E-state index contributed by atoms with van der Waals surface area (Å²) in [6.45, 7) is 0. The Labute approximate surface area is 163 Å². The maximum atomic E-state index is 11.7. The van der Waals surface area contributed by atoms with E-state index in [1.165, 1.54) is 7.11 Å². The van der Waals surface area contributed by atoms with Crippen LogP contribution in [0.15, 0.2) is 79.1 Å². The van der Waals surface area contributed by atoms with E-state index in [2.05, 4.69) is 17.1 Å². The molecule has 0 saturated carbocycles. The predicted molar refractivity (Wildman–Crippen MR) is 109 cm³/mol. The van der Waals surface area contributed by atoms with Crippen molar-refractivity contribution in [3.63, 3.8) is 0 Å². The molecule has 5 nitrogen and oxygen atoms in total. The van der Waals surface area contributed by atoms with Gasteiger partial charge < -0.3 is 4.74 Å². The summed E-state index contributed by atoms with van der Waals surface area (Å²) in [5.41, 5.74) is 6.38. The van der Waals surface area contributed by atoms with Crippen LogP contribution in [0.3, 0.4) is 0 Å². The second-order valence-corrected chi connectivity index (χ2v) is 6.37. The number of aryl methyl sites for hydroxylation is 1. The number of esters is 1. The first-order valence-electron chi connectivity index (χ1n) is 8.90. The van der Waals surface area contributed by atoms with Crippen molar-refractivity contribution >= 4 is 5.97 Å². The summed E-state index contributed by atoms with van der Waals surface area (Å²) in [5.74, 6) is -0.355. The van der Waals surface area contributed by atoms with Crippen LogP contribution in [-0.4, -0.2) is 27.8 Å². The van der Waals surface area contributed by atoms with Gasteiger partial charge in [-0.3, -0.25) is 9.67 Å². The topological polar surface area (TPSA) is 57.0 Å². The molecule has 0 bridgehead atoms. The maximum absolute atomic E-state index is 11.7. The molecule has 0 radical (unpaired) electrons. The zero-order valence-corrected chi connectivity index (χ0v) is 15.7. The van der Waals surface area contributed by atoms with Gasteiger partial charge in [-0.05, 0) is 29.8 Å². The fourth-order valence-electron chi connectivity index (χ4n) is 3.32. The minimum atomic E-state index is -0.355. The van der Waals surface area contributed by atoms with Crippen molar-refractivity contribution in [2.75, 3.05) is 7.11 Å². The molecule has 5 heteroatoms. The number of carbonyl (C=O) groups is 1. The number of hydrogen-bond acceptors (Lipinski definition) is 4. The molecule has 0 spiro atoms. The molecule has 0 N–H and O–H groups in total. The van der Waals surface area contributed by atoms with Gasteiger partial charge in [0.25, 0.3) is 0 Å². The molecule has 0 unspecified atom stereocenters. The van der Waals surface area contributed by atoms with Gasteiger partial charge in [0.2, 0.25) is 0 Å². The standard InChI is InChI=1S/C23H19N3O2/c1-26-22(19-9-6-14-24-15-19)20(16-7-4-3-5-8-16)21(25-26)17-10-12-18(13-11-17)23(27)28-2/h3-15H,1-2H3. The van der Waals surface area contributed by atoms with Crippen LogP contribution < -0.4 is 0 Å². The van der Waals surface area contributed by atoms with Crippen LogP contribution in [-0.2, 0) is 11.8 Å². The molecular weight excluding hydrogens is 350 g/mol. The van der Waals surface area contributed by atoms with Gasteiger partial charge in [0, 0.05) is 36.1 Å². The highest BCUT2D eigenvalue weighted by Gasteiger charge is 2.20. The molecule has 4 rings (SSSR count). The molecule has 138 valence electrons. The zero-order chi connectivity index (χ0) is 19.5. The Balaban J connectivity index is 1.92. The van der Waals surface area contributed by atoms with E-state index >= 15 is 0 Å². The van der Waals surface area contributed by atoms with Crippen molar-refractivity contribution < 1.29 is 9.53 Å². The highest BCUT2D eigenvalue weighted by Crippen LogP contribution is 2.39. The van der Waals surface area contributed by atoms with Crippen LogP contribution in [0, 0.1) is 0 Å². The van der Waals surface area contributed by atoms with Crippen molar-refractivity contribution in [1.29, 1.82) is 0 Å². The summed E-state index contributed by atoms with van der Waals surface area (Å²) >= 11 is 0. The van der Waals surface area contributed by atoms with E-state index in [0.717, 1.165) is 33.6 Å². The van der Waals surface area contributed by atoms with Crippen LogP contribution >= 0.6 is 0 Å². The molecule has 2 heterocycles. The Morgan fingerprint density at radius 3 is 2.25 bits per heavy atom. The lowest BCUT2D eigenvalue weighted by atomic mass is 9.96. The number of benzene rings is 2. The smallest absolute Gasteiger partial charge is 0.337 e. The van der Waals surface area contributed by atoms with E-state index in [1.54, 1.807) is 18.3 Å². The monoisotopic (exact) mass is 369 g/mol. The van der Waals surface area contributed by atoms with Crippen LogP contribution in [0.25, 0.3) is 33.6 Å². The van der Waals surface area contributed by atoms with Crippen LogP contribution in [0.5, 0.6) is 0 Å². The Morgan fingerprint density at radius 2 is 1.61 bits per heavy atom. The van der Waals surface area contributed by atoms with Gasteiger partial charge in [-0.15, -0.1) is 0 Å². The minimum absolute atomic E-state index is 0.355. The van der Waals surface area contributed by atoms with Crippen molar-refractivity contribution in [2.24, 2.45) is 7.05 Å². The molecule has 0 aliphatic heterocycles. The maximum Gasteiger partial charge on any atom is 0.337 e. The van der Waals surface area contributed by atoms with Crippen molar-refractivity contribution in [3.05, 3.63) is 84.7 Å². The number of ether oxygens (including phenoxy) is 1. The minimum Gasteiger partial charge on any atom is -0.465 e. The summed E-state index contributed by atoms with van der Waals surface area (Å²) in [5, 5.41) is 4.80. The average Bonchev–Trinajstić information content (AvgIpc) is 3.11. The van der Waals surface area contributed by atoms with Crippen LogP contribution in [0.2, 0.25) is 0 Å². The molecule has 2 aromatic heterocycles. The second-order valence-electron chi connectivity index (χ2n) is 6.37. The van der Waals surface area contributed by atoms with Gasteiger partial charge in [0.15, 0.2) is 0 Å². The van der Waals surface area contributed by atoms with Crippen LogP contribution in [0.1, 0.15) is 10.4 Å². The van der Waals surface area contributed by atoms with E-state index in [0.29, 0.717) is 5.56 Å². The fraction of sp³-hybridized carbons (Fsp3) is 0.0870.